The Balaban J connectivity index is 1.56. The van der Waals surface area contributed by atoms with E-state index < -0.39 is 0 Å². The number of carbonyl (C=O) groups is 1. The normalized spacial score (nSPS) is 10.6. The number of benzene rings is 2. The van der Waals surface area contributed by atoms with Crippen molar-refractivity contribution in [2.45, 2.75) is 17.1 Å². The van der Waals surface area contributed by atoms with Crippen LogP contribution in [0, 0.1) is 5.82 Å². The smallest absolute Gasteiger partial charge is 0.252 e. The lowest BCUT2D eigenvalue weighted by Crippen LogP contribution is -2.26. The highest BCUT2D eigenvalue weighted by molar-refractivity contribution is 7.98. The van der Waals surface area contributed by atoms with Gasteiger partial charge >= 0.3 is 0 Å². The molecule has 0 aliphatic carbocycles. The third-order valence-corrected chi connectivity index (χ3v) is 5.88. The van der Waals surface area contributed by atoms with Gasteiger partial charge in [-0.05, 0) is 47.7 Å². The van der Waals surface area contributed by atoms with Crippen molar-refractivity contribution in [3.8, 4) is 0 Å². The van der Waals surface area contributed by atoms with Crippen LogP contribution in [0.5, 0.6) is 0 Å². The topological polar surface area (TPSA) is 29.1 Å². The molecule has 0 bridgehead atoms. The second-order valence-electron chi connectivity index (χ2n) is 5.50. The Morgan fingerprint density at radius 1 is 1.04 bits per heavy atom. The van der Waals surface area contributed by atoms with Gasteiger partial charge in [0.2, 0.25) is 0 Å². The number of carbonyl (C=O) groups excluding carboxylic acids is 1. The van der Waals surface area contributed by atoms with Crippen LogP contribution >= 0.6 is 23.1 Å². The Hall–Kier alpha value is -2.11. The van der Waals surface area contributed by atoms with Crippen molar-refractivity contribution in [1.82, 2.24) is 5.32 Å². The van der Waals surface area contributed by atoms with Crippen molar-refractivity contribution < 1.29 is 9.18 Å². The molecule has 128 valence electrons. The van der Waals surface area contributed by atoms with E-state index in [0.29, 0.717) is 18.5 Å². The molecule has 5 heteroatoms. The van der Waals surface area contributed by atoms with Crippen molar-refractivity contribution in [2.24, 2.45) is 0 Å². The minimum atomic E-state index is -0.246. The third-order valence-electron chi connectivity index (χ3n) is 3.69. The fraction of sp³-hybridized carbons (Fsp3) is 0.150. The standard InChI is InChI=1S/C20H18FNOS2/c21-16-9-7-15(8-10-16)11-12-22-20(23)18-5-1-2-6-19(18)25-14-17-4-3-13-24-17/h1-10,13H,11-12,14H2,(H,22,23). The summed E-state index contributed by atoms with van der Waals surface area (Å²) in [6.07, 6.45) is 0.677. The van der Waals surface area contributed by atoms with Gasteiger partial charge in [0.15, 0.2) is 0 Å². The summed E-state index contributed by atoms with van der Waals surface area (Å²) in [6.45, 7) is 0.522. The summed E-state index contributed by atoms with van der Waals surface area (Å²) in [5.41, 5.74) is 1.70. The average Bonchev–Trinajstić information content (AvgIpc) is 3.15. The molecule has 1 heterocycles. The molecule has 1 N–H and O–H groups in total. The van der Waals surface area contributed by atoms with Gasteiger partial charge in [-0.3, -0.25) is 4.79 Å². The number of halogens is 1. The second-order valence-corrected chi connectivity index (χ2v) is 7.55. The minimum absolute atomic E-state index is 0.0728. The predicted molar refractivity (Wildman–Crippen MR) is 103 cm³/mol. The summed E-state index contributed by atoms with van der Waals surface area (Å²) in [5.74, 6) is 0.540. The van der Waals surface area contributed by atoms with Crippen LogP contribution in [-0.4, -0.2) is 12.5 Å². The van der Waals surface area contributed by atoms with E-state index in [1.54, 1.807) is 35.2 Å². The zero-order valence-corrected chi connectivity index (χ0v) is 15.2. The molecule has 3 aromatic rings. The molecule has 0 atom stereocenters. The molecule has 0 radical (unpaired) electrons. The zero-order chi connectivity index (χ0) is 17.5. The van der Waals surface area contributed by atoms with Crippen molar-refractivity contribution in [1.29, 1.82) is 0 Å². The maximum atomic E-state index is 12.9. The van der Waals surface area contributed by atoms with Crippen molar-refractivity contribution in [3.05, 3.63) is 87.9 Å². The fourth-order valence-corrected chi connectivity index (χ4v) is 4.21. The van der Waals surface area contributed by atoms with E-state index in [0.717, 1.165) is 16.2 Å². The zero-order valence-electron chi connectivity index (χ0n) is 13.6. The molecule has 1 aromatic heterocycles. The van der Waals surface area contributed by atoms with Gasteiger partial charge in [0.05, 0.1) is 5.56 Å². The van der Waals surface area contributed by atoms with Crippen LogP contribution in [0.1, 0.15) is 20.8 Å². The number of thioether (sulfide) groups is 1. The van der Waals surface area contributed by atoms with Gasteiger partial charge in [-0.25, -0.2) is 4.39 Å². The first-order valence-electron chi connectivity index (χ1n) is 7.99. The van der Waals surface area contributed by atoms with Crippen LogP contribution in [0.3, 0.4) is 0 Å². The molecule has 25 heavy (non-hydrogen) atoms. The Labute approximate surface area is 155 Å². The van der Waals surface area contributed by atoms with Crippen molar-refractivity contribution in [2.75, 3.05) is 6.54 Å². The van der Waals surface area contributed by atoms with Gasteiger partial charge in [-0.15, -0.1) is 23.1 Å². The van der Waals surface area contributed by atoms with Crippen molar-refractivity contribution >= 4 is 29.0 Å². The largest absolute Gasteiger partial charge is 0.352 e. The van der Waals surface area contributed by atoms with Crippen molar-refractivity contribution in [3.63, 3.8) is 0 Å². The summed E-state index contributed by atoms with van der Waals surface area (Å²) < 4.78 is 12.9. The first kappa shape index (κ1) is 17.7. The first-order chi connectivity index (χ1) is 12.2. The van der Waals surface area contributed by atoms with Crippen LogP contribution in [0.4, 0.5) is 4.39 Å². The molecule has 0 spiro atoms. The van der Waals surface area contributed by atoms with Crippen LogP contribution in [0.25, 0.3) is 0 Å². The van der Waals surface area contributed by atoms with Crippen LogP contribution in [0.2, 0.25) is 0 Å². The molecule has 0 aliphatic heterocycles. The molecular formula is C20H18FNOS2. The quantitative estimate of drug-likeness (QED) is 0.582. The number of nitrogens with one attached hydrogen (secondary N) is 1. The molecule has 0 aliphatic rings. The van der Waals surface area contributed by atoms with Gasteiger partial charge in [0.25, 0.3) is 5.91 Å². The van der Waals surface area contributed by atoms with Gasteiger partial charge < -0.3 is 5.32 Å². The summed E-state index contributed by atoms with van der Waals surface area (Å²) in [5, 5.41) is 5.01. The van der Waals surface area contributed by atoms with Gasteiger partial charge in [0, 0.05) is 22.1 Å². The van der Waals surface area contributed by atoms with E-state index in [-0.39, 0.29) is 11.7 Å². The molecular weight excluding hydrogens is 353 g/mol. The van der Waals surface area contributed by atoms with E-state index in [1.807, 2.05) is 30.3 Å². The Bertz CT molecular complexity index is 816. The predicted octanol–water partition coefficient (Wildman–Crippen LogP) is 5.15. The molecule has 0 saturated heterocycles. The Kier molecular flexibility index (Phi) is 6.25. The highest BCUT2D eigenvalue weighted by Gasteiger charge is 2.11. The maximum Gasteiger partial charge on any atom is 0.252 e. The van der Waals surface area contributed by atoms with E-state index in [4.69, 9.17) is 0 Å². The van der Waals surface area contributed by atoms with E-state index in [1.165, 1.54) is 17.0 Å². The van der Waals surface area contributed by atoms with Crippen LogP contribution in [-0.2, 0) is 12.2 Å². The summed E-state index contributed by atoms with van der Waals surface area (Å²) >= 11 is 3.39. The van der Waals surface area contributed by atoms with Crippen LogP contribution in [0.15, 0.2) is 70.9 Å². The molecule has 1 amide bonds. The average molecular weight is 372 g/mol. The monoisotopic (exact) mass is 371 g/mol. The summed E-state index contributed by atoms with van der Waals surface area (Å²) in [4.78, 5) is 14.8. The highest BCUT2D eigenvalue weighted by atomic mass is 32.2. The van der Waals surface area contributed by atoms with Gasteiger partial charge in [0.1, 0.15) is 5.82 Å². The highest BCUT2D eigenvalue weighted by Crippen LogP contribution is 2.27. The molecule has 0 saturated carbocycles. The lowest BCUT2D eigenvalue weighted by Gasteiger charge is -2.10. The second kappa shape index (κ2) is 8.83. The summed E-state index contributed by atoms with van der Waals surface area (Å²) in [6, 6.07) is 18.2. The molecule has 2 nitrogen and oxygen atoms in total. The Morgan fingerprint density at radius 3 is 2.60 bits per heavy atom. The molecule has 2 aromatic carbocycles. The third kappa shape index (κ3) is 5.18. The lowest BCUT2D eigenvalue weighted by atomic mass is 10.1. The first-order valence-corrected chi connectivity index (χ1v) is 9.86. The maximum absolute atomic E-state index is 12.9. The Morgan fingerprint density at radius 2 is 1.84 bits per heavy atom. The van der Waals surface area contributed by atoms with E-state index >= 15 is 0 Å². The SMILES string of the molecule is O=C(NCCc1ccc(F)cc1)c1ccccc1SCc1cccs1. The summed E-state index contributed by atoms with van der Waals surface area (Å²) in [7, 11) is 0. The van der Waals surface area contributed by atoms with Gasteiger partial charge in [-0.1, -0.05) is 30.3 Å². The van der Waals surface area contributed by atoms with E-state index in [2.05, 4.69) is 16.8 Å². The fourth-order valence-electron chi connectivity index (χ4n) is 2.39. The number of hydrogen-bond donors (Lipinski definition) is 1. The molecule has 3 rings (SSSR count). The van der Waals surface area contributed by atoms with E-state index in [9.17, 15) is 9.18 Å². The number of thiophene rings is 1. The number of hydrogen-bond acceptors (Lipinski definition) is 3. The molecule has 0 fully saturated rings. The minimum Gasteiger partial charge on any atom is -0.352 e. The number of amides is 1. The van der Waals surface area contributed by atoms with Crippen LogP contribution < -0.4 is 5.32 Å². The number of rotatable bonds is 7. The lowest BCUT2D eigenvalue weighted by molar-refractivity contribution is 0.0951. The molecule has 0 unspecified atom stereocenters. The van der Waals surface area contributed by atoms with Gasteiger partial charge in [-0.2, -0.15) is 0 Å².